The maximum atomic E-state index is 12.6. The van der Waals surface area contributed by atoms with E-state index < -0.39 is 6.04 Å². The summed E-state index contributed by atoms with van der Waals surface area (Å²) in [4.78, 5) is 37.0. The van der Waals surface area contributed by atoms with Crippen LogP contribution in [-0.2, 0) is 22.6 Å². The zero-order valence-corrected chi connectivity index (χ0v) is 13.8. The van der Waals surface area contributed by atoms with E-state index in [2.05, 4.69) is 18.3 Å². The zero-order chi connectivity index (χ0) is 16.8. The van der Waals surface area contributed by atoms with Crippen LogP contribution >= 0.6 is 0 Å². The predicted octanol–water partition coefficient (Wildman–Crippen LogP) is 2.08. The van der Waals surface area contributed by atoms with Gasteiger partial charge in [-0.15, -0.1) is 0 Å². The Bertz CT molecular complexity index is 598. The standard InChI is InChI=1S/C18H24N2O3/c1-3-4-6-13-7-5-8-15-16(13)11-20(18(15)23)14(12-21)9-10-17(22)19-2/h5,7-8,12,14H,3-4,6,9-11H2,1-2H3,(H,19,22). The molecular weight excluding hydrogens is 292 g/mol. The van der Waals surface area contributed by atoms with Crippen LogP contribution in [0.1, 0.15) is 54.1 Å². The number of benzene rings is 1. The Morgan fingerprint density at radius 1 is 1.43 bits per heavy atom. The number of carbonyl (C=O) groups excluding carboxylic acids is 3. The zero-order valence-electron chi connectivity index (χ0n) is 13.8. The van der Waals surface area contributed by atoms with Crippen LogP contribution in [0.2, 0.25) is 0 Å². The Hall–Kier alpha value is -2.17. The molecule has 2 rings (SSSR count). The molecule has 124 valence electrons. The molecule has 1 aliphatic heterocycles. The first-order valence-corrected chi connectivity index (χ1v) is 8.20. The van der Waals surface area contributed by atoms with Gasteiger partial charge in [0, 0.05) is 25.6 Å². The third-order valence-corrected chi connectivity index (χ3v) is 4.40. The molecule has 2 amide bonds. The summed E-state index contributed by atoms with van der Waals surface area (Å²) in [6.45, 7) is 2.60. The second kappa shape index (κ2) is 7.90. The van der Waals surface area contributed by atoms with Crippen molar-refractivity contribution in [3.8, 4) is 0 Å². The summed E-state index contributed by atoms with van der Waals surface area (Å²) >= 11 is 0. The molecule has 5 nitrogen and oxygen atoms in total. The molecule has 0 saturated heterocycles. The predicted molar refractivity (Wildman–Crippen MR) is 88.1 cm³/mol. The smallest absolute Gasteiger partial charge is 0.255 e. The number of hydrogen-bond acceptors (Lipinski definition) is 3. The van der Waals surface area contributed by atoms with E-state index in [-0.39, 0.29) is 18.2 Å². The molecule has 0 aromatic heterocycles. The normalized spacial score (nSPS) is 14.5. The molecule has 1 atom stereocenters. The lowest BCUT2D eigenvalue weighted by molar-refractivity contribution is -0.121. The van der Waals surface area contributed by atoms with E-state index in [4.69, 9.17) is 0 Å². The van der Waals surface area contributed by atoms with Gasteiger partial charge < -0.3 is 15.0 Å². The van der Waals surface area contributed by atoms with Crippen LogP contribution in [0.25, 0.3) is 0 Å². The van der Waals surface area contributed by atoms with Crippen molar-refractivity contribution >= 4 is 18.1 Å². The minimum absolute atomic E-state index is 0.104. The minimum Gasteiger partial charge on any atom is -0.359 e. The number of rotatable bonds is 8. The fourth-order valence-corrected chi connectivity index (χ4v) is 2.99. The van der Waals surface area contributed by atoms with E-state index in [1.165, 1.54) is 5.56 Å². The molecule has 0 bridgehead atoms. The molecule has 0 spiro atoms. The first kappa shape index (κ1) is 17.2. The number of fused-ring (bicyclic) bond motifs is 1. The molecule has 1 N–H and O–H groups in total. The summed E-state index contributed by atoms with van der Waals surface area (Å²) in [6, 6.07) is 5.25. The summed E-state index contributed by atoms with van der Waals surface area (Å²) in [6.07, 6.45) is 4.50. The van der Waals surface area contributed by atoms with Crippen LogP contribution in [0.5, 0.6) is 0 Å². The molecule has 0 radical (unpaired) electrons. The highest BCUT2D eigenvalue weighted by Gasteiger charge is 2.33. The van der Waals surface area contributed by atoms with Crippen LogP contribution < -0.4 is 5.32 Å². The fraction of sp³-hybridized carbons (Fsp3) is 0.500. The topological polar surface area (TPSA) is 66.5 Å². The second-order valence-electron chi connectivity index (χ2n) is 5.90. The number of unbranched alkanes of at least 4 members (excludes halogenated alkanes) is 1. The quantitative estimate of drug-likeness (QED) is 0.747. The van der Waals surface area contributed by atoms with Crippen LogP contribution in [0.3, 0.4) is 0 Å². The average molecular weight is 316 g/mol. The fourth-order valence-electron chi connectivity index (χ4n) is 2.99. The molecular formula is C18H24N2O3. The molecule has 1 unspecified atom stereocenters. The Balaban J connectivity index is 2.15. The van der Waals surface area contributed by atoms with Gasteiger partial charge in [-0.2, -0.15) is 0 Å². The van der Waals surface area contributed by atoms with E-state index in [0.717, 1.165) is 31.1 Å². The Kier molecular flexibility index (Phi) is 5.90. The van der Waals surface area contributed by atoms with Crippen molar-refractivity contribution in [3.63, 3.8) is 0 Å². The van der Waals surface area contributed by atoms with Gasteiger partial charge in [-0.05, 0) is 36.5 Å². The summed E-state index contributed by atoms with van der Waals surface area (Å²) < 4.78 is 0. The molecule has 0 fully saturated rings. The van der Waals surface area contributed by atoms with E-state index in [1.54, 1.807) is 11.9 Å². The van der Waals surface area contributed by atoms with Gasteiger partial charge in [-0.1, -0.05) is 25.5 Å². The van der Waals surface area contributed by atoms with Crippen molar-refractivity contribution in [1.29, 1.82) is 0 Å². The number of nitrogens with zero attached hydrogens (tertiary/aromatic N) is 1. The van der Waals surface area contributed by atoms with Gasteiger partial charge in [-0.3, -0.25) is 9.59 Å². The average Bonchev–Trinajstić information content (AvgIpc) is 2.91. The van der Waals surface area contributed by atoms with Crippen molar-refractivity contribution in [2.24, 2.45) is 0 Å². The lowest BCUT2D eigenvalue weighted by atomic mass is 9.99. The number of hydrogen-bond donors (Lipinski definition) is 1. The lowest BCUT2D eigenvalue weighted by Crippen LogP contribution is -2.37. The summed E-state index contributed by atoms with van der Waals surface area (Å²) in [7, 11) is 1.56. The number of aldehydes is 1. The number of nitrogens with one attached hydrogen (secondary N) is 1. The number of carbonyl (C=O) groups is 3. The molecule has 1 aromatic rings. The van der Waals surface area contributed by atoms with Gasteiger partial charge in [0.2, 0.25) is 5.91 Å². The summed E-state index contributed by atoms with van der Waals surface area (Å²) in [5.74, 6) is -0.225. The Morgan fingerprint density at radius 2 is 2.22 bits per heavy atom. The van der Waals surface area contributed by atoms with E-state index >= 15 is 0 Å². The Morgan fingerprint density at radius 3 is 2.87 bits per heavy atom. The summed E-state index contributed by atoms with van der Waals surface area (Å²) in [5, 5.41) is 2.54. The van der Waals surface area contributed by atoms with Crippen molar-refractivity contribution in [2.75, 3.05) is 7.05 Å². The third kappa shape index (κ3) is 3.78. The van der Waals surface area contributed by atoms with Gasteiger partial charge in [0.1, 0.15) is 6.29 Å². The summed E-state index contributed by atoms with van der Waals surface area (Å²) in [5.41, 5.74) is 2.93. The maximum Gasteiger partial charge on any atom is 0.255 e. The maximum absolute atomic E-state index is 12.6. The first-order chi connectivity index (χ1) is 11.1. The second-order valence-corrected chi connectivity index (χ2v) is 5.90. The molecule has 23 heavy (non-hydrogen) atoms. The van der Waals surface area contributed by atoms with Crippen molar-refractivity contribution in [2.45, 2.75) is 51.6 Å². The van der Waals surface area contributed by atoms with Crippen LogP contribution in [-0.4, -0.2) is 36.1 Å². The highest BCUT2D eigenvalue weighted by Crippen LogP contribution is 2.29. The van der Waals surface area contributed by atoms with Gasteiger partial charge >= 0.3 is 0 Å². The van der Waals surface area contributed by atoms with Crippen molar-refractivity contribution in [3.05, 3.63) is 34.9 Å². The number of aryl methyl sites for hydroxylation is 1. The van der Waals surface area contributed by atoms with Crippen LogP contribution in [0.15, 0.2) is 18.2 Å². The molecule has 1 aromatic carbocycles. The van der Waals surface area contributed by atoms with Crippen LogP contribution in [0.4, 0.5) is 0 Å². The van der Waals surface area contributed by atoms with Gasteiger partial charge in [0.05, 0.1) is 6.04 Å². The largest absolute Gasteiger partial charge is 0.359 e. The van der Waals surface area contributed by atoms with E-state index in [1.807, 2.05) is 12.1 Å². The number of amides is 2. The molecule has 1 heterocycles. The van der Waals surface area contributed by atoms with Crippen molar-refractivity contribution < 1.29 is 14.4 Å². The molecule has 0 saturated carbocycles. The van der Waals surface area contributed by atoms with Crippen LogP contribution in [0, 0.1) is 0 Å². The highest BCUT2D eigenvalue weighted by molar-refractivity contribution is 6.00. The Labute approximate surface area is 137 Å². The van der Waals surface area contributed by atoms with Crippen molar-refractivity contribution in [1.82, 2.24) is 10.2 Å². The van der Waals surface area contributed by atoms with Gasteiger partial charge in [-0.25, -0.2) is 0 Å². The van der Waals surface area contributed by atoms with E-state index in [9.17, 15) is 14.4 Å². The molecule has 0 aliphatic carbocycles. The SMILES string of the molecule is CCCCc1cccc2c1CN(C(C=O)CCC(=O)NC)C2=O. The third-order valence-electron chi connectivity index (χ3n) is 4.40. The van der Waals surface area contributed by atoms with E-state index in [0.29, 0.717) is 18.5 Å². The minimum atomic E-state index is -0.550. The molecule has 1 aliphatic rings. The lowest BCUT2D eigenvalue weighted by Gasteiger charge is -2.22. The molecule has 5 heteroatoms. The first-order valence-electron chi connectivity index (χ1n) is 8.20. The monoisotopic (exact) mass is 316 g/mol. The van der Waals surface area contributed by atoms with Gasteiger partial charge in [0.15, 0.2) is 0 Å². The van der Waals surface area contributed by atoms with Gasteiger partial charge in [0.25, 0.3) is 5.91 Å². The highest BCUT2D eigenvalue weighted by atomic mass is 16.2.